The summed E-state index contributed by atoms with van der Waals surface area (Å²) in [6.07, 6.45) is 0.538. The molecule has 0 amide bonds. The topological polar surface area (TPSA) is 72.6 Å². The fraction of sp³-hybridized carbons (Fsp3) is 1.00. The van der Waals surface area contributed by atoms with E-state index in [1.807, 2.05) is 6.92 Å². The summed E-state index contributed by atoms with van der Waals surface area (Å²) in [6, 6.07) is 0. The van der Waals surface area contributed by atoms with Gasteiger partial charge < -0.3 is 10.5 Å². The Morgan fingerprint density at radius 2 is 2.07 bits per heavy atom. The summed E-state index contributed by atoms with van der Waals surface area (Å²) in [5, 5.41) is 0. The predicted molar refractivity (Wildman–Crippen MR) is 54.4 cm³/mol. The molecule has 0 aromatic heterocycles. The summed E-state index contributed by atoms with van der Waals surface area (Å²) in [4.78, 5) is 0. The summed E-state index contributed by atoms with van der Waals surface area (Å²) in [7, 11) is -1.53. The van der Waals surface area contributed by atoms with E-state index in [1.54, 1.807) is 7.11 Å². The molecule has 1 aliphatic heterocycles. The zero-order valence-electron chi connectivity index (χ0n) is 8.69. The summed E-state index contributed by atoms with van der Waals surface area (Å²) in [5.74, 6) is 0.150. The number of sulfonamides is 1. The molecule has 0 spiro atoms. The zero-order chi connectivity index (χ0) is 10.8. The number of nitrogens with two attached hydrogens (primary N) is 1. The van der Waals surface area contributed by atoms with Crippen molar-refractivity contribution in [3.8, 4) is 0 Å². The molecule has 0 aromatic rings. The van der Waals surface area contributed by atoms with Crippen molar-refractivity contribution < 1.29 is 13.2 Å². The van der Waals surface area contributed by atoms with E-state index in [2.05, 4.69) is 0 Å². The van der Waals surface area contributed by atoms with Crippen LogP contribution in [0.1, 0.15) is 13.3 Å². The Balaban J connectivity index is 2.36. The van der Waals surface area contributed by atoms with Crippen molar-refractivity contribution in [3.63, 3.8) is 0 Å². The molecule has 1 aliphatic rings. The van der Waals surface area contributed by atoms with E-state index in [9.17, 15) is 8.42 Å². The van der Waals surface area contributed by atoms with Crippen LogP contribution in [0.2, 0.25) is 0 Å². The molecule has 1 fully saturated rings. The molecule has 6 heteroatoms. The Hall–Kier alpha value is -0.170. The summed E-state index contributed by atoms with van der Waals surface area (Å²) in [5.41, 5.74) is 5.39. The molecule has 2 N–H and O–H groups in total. The van der Waals surface area contributed by atoms with Gasteiger partial charge in [0, 0.05) is 32.3 Å². The lowest BCUT2D eigenvalue weighted by Crippen LogP contribution is -2.66. The van der Waals surface area contributed by atoms with Crippen LogP contribution in [0.15, 0.2) is 0 Å². The molecule has 0 unspecified atom stereocenters. The molecule has 0 aromatic carbocycles. The van der Waals surface area contributed by atoms with Crippen molar-refractivity contribution in [1.82, 2.24) is 4.31 Å². The van der Waals surface area contributed by atoms with E-state index >= 15 is 0 Å². The maximum Gasteiger partial charge on any atom is 0.214 e. The van der Waals surface area contributed by atoms with Gasteiger partial charge in [-0.05, 0) is 13.3 Å². The van der Waals surface area contributed by atoms with Crippen molar-refractivity contribution >= 4 is 10.0 Å². The van der Waals surface area contributed by atoms with Crippen LogP contribution in [0.4, 0.5) is 0 Å². The highest BCUT2D eigenvalue weighted by Crippen LogP contribution is 2.21. The second-order valence-electron chi connectivity index (χ2n) is 4.08. The van der Waals surface area contributed by atoms with E-state index in [0.29, 0.717) is 26.1 Å². The van der Waals surface area contributed by atoms with Crippen molar-refractivity contribution in [1.29, 1.82) is 0 Å². The highest BCUT2D eigenvalue weighted by atomic mass is 32.2. The zero-order valence-corrected chi connectivity index (χ0v) is 9.51. The van der Waals surface area contributed by atoms with Crippen LogP contribution in [0.5, 0.6) is 0 Å². The van der Waals surface area contributed by atoms with Gasteiger partial charge in [0.15, 0.2) is 0 Å². The SMILES string of the molecule is COCCCS(=O)(=O)N1CC(C)(N)C1. The van der Waals surface area contributed by atoms with E-state index in [0.717, 1.165) is 0 Å². The Morgan fingerprint density at radius 1 is 1.50 bits per heavy atom. The van der Waals surface area contributed by atoms with E-state index in [-0.39, 0.29) is 11.3 Å². The molecule has 0 aliphatic carbocycles. The first-order valence-electron chi connectivity index (χ1n) is 4.63. The van der Waals surface area contributed by atoms with Crippen molar-refractivity contribution in [2.24, 2.45) is 5.73 Å². The molecule has 5 nitrogen and oxygen atoms in total. The average molecular weight is 222 g/mol. The molecule has 0 atom stereocenters. The third-order valence-corrected chi connectivity index (χ3v) is 4.07. The maximum atomic E-state index is 11.6. The van der Waals surface area contributed by atoms with Gasteiger partial charge in [-0.3, -0.25) is 0 Å². The van der Waals surface area contributed by atoms with Crippen molar-refractivity contribution in [2.75, 3.05) is 32.6 Å². The van der Waals surface area contributed by atoms with Crippen LogP contribution in [-0.2, 0) is 14.8 Å². The normalized spacial score (nSPS) is 21.9. The highest BCUT2D eigenvalue weighted by molar-refractivity contribution is 7.89. The van der Waals surface area contributed by atoms with E-state index < -0.39 is 10.0 Å². The Morgan fingerprint density at radius 3 is 2.50 bits per heavy atom. The fourth-order valence-electron chi connectivity index (χ4n) is 1.47. The monoisotopic (exact) mass is 222 g/mol. The van der Waals surface area contributed by atoms with Gasteiger partial charge >= 0.3 is 0 Å². The standard InChI is InChI=1S/C8H18N2O3S/c1-8(9)6-10(7-8)14(11,12)5-3-4-13-2/h3-7,9H2,1-2H3. The van der Waals surface area contributed by atoms with Crippen LogP contribution in [0.25, 0.3) is 0 Å². The minimum Gasteiger partial charge on any atom is -0.385 e. The summed E-state index contributed by atoms with van der Waals surface area (Å²) in [6.45, 7) is 3.20. The number of methoxy groups -OCH3 is 1. The number of hydrogen-bond donors (Lipinski definition) is 1. The number of hydrogen-bond acceptors (Lipinski definition) is 4. The van der Waals surface area contributed by atoms with Gasteiger partial charge in [-0.25, -0.2) is 8.42 Å². The van der Waals surface area contributed by atoms with Crippen LogP contribution >= 0.6 is 0 Å². The molecule has 1 rings (SSSR count). The number of ether oxygens (including phenoxy) is 1. The molecule has 1 saturated heterocycles. The lowest BCUT2D eigenvalue weighted by Gasteiger charge is -2.44. The van der Waals surface area contributed by atoms with Crippen molar-refractivity contribution in [3.05, 3.63) is 0 Å². The molecular weight excluding hydrogens is 204 g/mol. The molecule has 0 radical (unpaired) electrons. The van der Waals surface area contributed by atoms with Gasteiger partial charge in [-0.2, -0.15) is 4.31 Å². The van der Waals surface area contributed by atoms with Gasteiger partial charge in [0.1, 0.15) is 0 Å². The Kier molecular flexibility index (Phi) is 3.52. The third kappa shape index (κ3) is 2.91. The van der Waals surface area contributed by atoms with Crippen molar-refractivity contribution in [2.45, 2.75) is 18.9 Å². The lowest BCUT2D eigenvalue weighted by molar-refractivity contribution is 0.173. The first-order chi connectivity index (χ1) is 6.37. The minimum absolute atomic E-state index is 0.150. The molecule has 0 saturated carbocycles. The first kappa shape index (κ1) is 11.9. The smallest absolute Gasteiger partial charge is 0.214 e. The van der Waals surface area contributed by atoms with E-state index in [1.165, 1.54) is 4.31 Å². The lowest BCUT2D eigenvalue weighted by atomic mass is 9.97. The highest BCUT2D eigenvalue weighted by Gasteiger charge is 2.41. The van der Waals surface area contributed by atoms with Gasteiger partial charge in [0.25, 0.3) is 0 Å². The van der Waals surface area contributed by atoms with E-state index in [4.69, 9.17) is 10.5 Å². The largest absolute Gasteiger partial charge is 0.385 e. The number of rotatable bonds is 5. The maximum absolute atomic E-state index is 11.6. The predicted octanol–water partition coefficient (Wildman–Crippen LogP) is -0.614. The van der Waals surface area contributed by atoms with Gasteiger partial charge in [0.05, 0.1) is 5.75 Å². The minimum atomic E-state index is -3.09. The van der Waals surface area contributed by atoms with Crippen LogP contribution in [0, 0.1) is 0 Å². The molecule has 1 heterocycles. The van der Waals surface area contributed by atoms with Crippen LogP contribution < -0.4 is 5.73 Å². The molecule has 0 bridgehead atoms. The Bertz CT molecular complexity index is 279. The molecular formula is C8H18N2O3S. The molecule has 84 valence electrons. The first-order valence-corrected chi connectivity index (χ1v) is 6.24. The Labute approximate surface area is 85.3 Å². The quantitative estimate of drug-likeness (QED) is 0.630. The second-order valence-corrected chi connectivity index (χ2v) is 6.17. The third-order valence-electron chi connectivity index (χ3n) is 2.22. The average Bonchev–Trinajstić information content (AvgIpc) is 2.00. The fourth-order valence-corrected chi connectivity index (χ4v) is 3.19. The van der Waals surface area contributed by atoms with Gasteiger partial charge in [0.2, 0.25) is 10.0 Å². The summed E-state index contributed by atoms with van der Waals surface area (Å²) < 4.78 is 29.4. The van der Waals surface area contributed by atoms with Gasteiger partial charge in [-0.15, -0.1) is 0 Å². The number of nitrogens with zero attached hydrogens (tertiary/aromatic N) is 1. The molecule has 14 heavy (non-hydrogen) atoms. The second kappa shape index (κ2) is 4.14. The summed E-state index contributed by atoms with van der Waals surface area (Å²) >= 11 is 0. The van der Waals surface area contributed by atoms with Crippen LogP contribution in [-0.4, -0.2) is 50.8 Å². The van der Waals surface area contributed by atoms with Crippen LogP contribution in [0.3, 0.4) is 0 Å². The van der Waals surface area contributed by atoms with Gasteiger partial charge in [-0.1, -0.05) is 0 Å².